The number of nitrogens with one attached hydrogen (secondary N) is 3. The molecule has 3 aromatic rings. The fourth-order valence-electron chi connectivity index (χ4n) is 2.35. The van der Waals surface area contributed by atoms with Crippen molar-refractivity contribution in [2.75, 3.05) is 10.6 Å². The largest absolute Gasteiger partial charge is 0.326 e. The first kappa shape index (κ1) is 17.7. The molecule has 0 radical (unpaired) electrons. The fraction of sp³-hybridized carbons (Fsp3) is 0.111. The molecule has 0 aliphatic carbocycles. The van der Waals surface area contributed by atoms with Crippen LogP contribution in [0.2, 0.25) is 0 Å². The average molecular weight is 367 g/mol. The van der Waals surface area contributed by atoms with Gasteiger partial charge >= 0.3 is 0 Å². The van der Waals surface area contributed by atoms with Gasteiger partial charge in [-0.2, -0.15) is 5.10 Å². The number of anilines is 2. The molecular weight excluding hydrogens is 350 g/mol. The molecule has 8 heteroatoms. The number of thioether (sulfide) groups is 1. The number of amides is 2. The molecule has 0 aliphatic rings. The van der Waals surface area contributed by atoms with Gasteiger partial charge in [-0.25, -0.2) is 4.98 Å². The van der Waals surface area contributed by atoms with Crippen LogP contribution >= 0.6 is 11.8 Å². The smallest absolute Gasteiger partial charge is 0.255 e. The van der Waals surface area contributed by atoms with Crippen LogP contribution in [0.5, 0.6) is 0 Å². The predicted octanol–water partition coefficient (Wildman–Crippen LogP) is 3.31. The van der Waals surface area contributed by atoms with Crippen molar-refractivity contribution in [3.05, 3.63) is 66.0 Å². The number of aromatic amines is 1. The third kappa shape index (κ3) is 4.70. The normalized spacial score (nSPS) is 10.3. The number of carbonyl (C=O) groups excluding carboxylic acids is 2. The highest BCUT2D eigenvalue weighted by Crippen LogP contribution is 2.22. The third-order valence-corrected chi connectivity index (χ3v) is 4.39. The van der Waals surface area contributed by atoms with Crippen LogP contribution in [0.4, 0.5) is 11.4 Å². The standard InChI is InChI=1S/C18H17N5O2S/c1-12(24)21-14-6-4-7-15(9-14)22-17(25)16-8-3-2-5-13(16)10-26-18-19-11-20-23-18/h2-9,11H,10H2,1H3,(H,21,24)(H,22,25)(H,19,20,23). The molecule has 2 aromatic carbocycles. The molecule has 7 nitrogen and oxygen atoms in total. The van der Waals surface area contributed by atoms with Gasteiger partial charge in [0.15, 0.2) is 5.16 Å². The number of benzene rings is 2. The predicted molar refractivity (Wildman–Crippen MR) is 101 cm³/mol. The summed E-state index contributed by atoms with van der Waals surface area (Å²) in [5.41, 5.74) is 2.72. The van der Waals surface area contributed by atoms with Crippen LogP contribution in [-0.4, -0.2) is 27.0 Å². The van der Waals surface area contributed by atoms with E-state index in [1.807, 2.05) is 18.2 Å². The van der Waals surface area contributed by atoms with E-state index in [-0.39, 0.29) is 11.8 Å². The summed E-state index contributed by atoms with van der Waals surface area (Å²) in [6.45, 7) is 1.44. The van der Waals surface area contributed by atoms with Gasteiger partial charge in [0.1, 0.15) is 6.33 Å². The second-order valence-corrected chi connectivity index (χ2v) is 6.42. The van der Waals surface area contributed by atoms with Crippen molar-refractivity contribution in [3.8, 4) is 0 Å². The number of hydrogen-bond donors (Lipinski definition) is 3. The molecule has 0 fully saturated rings. The summed E-state index contributed by atoms with van der Waals surface area (Å²) < 4.78 is 0. The zero-order chi connectivity index (χ0) is 18.4. The van der Waals surface area contributed by atoms with Gasteiger partial charge in [0.25, 0.3) is 5.91 Å². The number of rotatable bonds is 6. The highest BCUT2D eigenvalue weighted by molar-refractivity contribution is 7.98. The van der Waals surface area contributed by atoms with Crippen molar-refractivity contribution in [2.24, 2.45) is 0 Å². The molecular formula is C18H17N5O2S. The molecule has 3 rings (SSSR count). The maximum Gasteiger partial charge on any atom is 0.255 e. The molecule has 0 aliphatic heterocycles. The second-order valence-electron chi connectivity index (χ2n) is 5.45. The van der Waals surface area contributed by atoms with Crippen molar-refractivity contribution < 1.29 is 9.59 Å². The van der Waals surface area contributed by atoms with Gasteiger partial charge in [-0.1, -0.05) is 36.0 Å². The quantitative estimate of drug-likeness (QED) is 0.581. The minimum Gasteiger partial charge on any atom is -0.326 e. The average Bonchev–Trinajstić information content (AvgIpc) is 3.13. The summed E-state index contributed by atoms with van der Waals surface area (Å²) >= 11 is 1.47. The van der Waals surface area contributed by atoms with E-state index in [0.29, 0.717) is 27.8 Å². The van der Waals surface area contributed by atoms with Crippen LogP contribution in [-0.2, 0) is 10.5 Å². The lowest BCUT2D eigenvalue weighted by atomic mass is 10.1. The highest BCUT2D eigenvalue weighted by Gasteiger charge is 2.12. The Bertz CT molecular complexity index is 911. The SMILES string of the molecule is CC(=O)Nc1cccc(NC(=O)c2ccccc2CSc2ncn[nH]2)c1. The van der Waals surface area contributed by atoms with E-state index >= 15 is 0 Å². The third-order valence-electron chi connectivity index (χ3n) is 3.46. The van der Waals surface area contributed by atoms with Gasteiger partial charge in [-0.15, -0.1) is 0 Å². The van der Waals surface area contributed by atoms with E-state index in [1.54, 1.807) is 30.3 Å². The second kappa shape index (κ2) is 8.30. The minimum absolute atomic E-state index is 0.164. The van der Waals surface area contributed by atoms with E-state index in [2.05, 4.69) is 25.8 Å². The number of carbonyl (C=O) groups is 2. The maximum atomic E-state index is 12.7. The molecule has 0 spiro atoms. The number of aromatic nitrogens is 3. The van der Waals surface area contributed by atoms with E-state index in [0.717, 1.165) is 5.56 Å². The number of hydrogen-bond acceptors (Lipinski definition) is 5. The Balaban J connectivity index is 1.72. The topological polar surface area (TPSA) is 99.8 Å². The summed E-state index contributed by atoms with van der Waals surface area (Å²) in [5.74, 6) is 0.215. The van der Waals surface area contributed by atoms with Crippen molar-refractivity contribution in [1.29, 1.82) is 0 Å². The zero-order valence-corrected chi connectivity index (χ0v) is 14.8. The van der Waals surface area contributed by atoms with Gasteiger partial charge < -0.3 is 10.6 Å². The van der Waals surface area contributed by atoms with Crippen molar-refractivity contribution >= 4 is 35.0 Å². The highest BCUT2D eigenvalue weighted by atomic mass is 32.2. The maximum absolute atomic E-state index is 12.7. The number of nitrogens with zero attached hydrogens (tertiary/aromatic N) is 2. The zero-order valence-electron chi connectivity index (χ0n) is 14.0. The monoisotopic (exact) mass is 367 g/mol. The fourth-order valence-corrected chi connectivity index (χ4v) is 3.14. The summed E-state index contributed by atoms with van der Waals surface area (Å²) in [7, 11) is 0. The first-order valence-corrected chi connectivity index (χ1v) is 8.85. The molecule has 26 heavy (non-hydrogen) atoms. The van der Waals surface area contributed by atoms with Gasteiger partial charge in [-0.05, 0) is 29.8 Å². The Morgan fingerprint density at radius 3 is 2.58 bits per heavy atom. The molecule has 0 atom stereocenters. The molecule has 132 valence electrons. The molecule has 1 aromatic heterocycles. The van der Waals surface area contributed by atoms with Crippen molar-refractivity contribution in [2.45, 2.75) is 17.8 Å². The number of H-pyrrole nitrogens is 1. The summed E-state index contributed by atoms with van der Waals surface area (Å²) in [6.07, 6.45) is 1.45. The summed E-state index contributed by atoms with van der Waals surface area (Å²) in [4.78, 5) is 27.9. The molecule has 0 bridgehead atoms. The van der Waals surface area contributed by atoms with Crippen LogP contribution in [0.1, 0.15) is 22.8 Å². The Kier molecular flexibility index (Phi) is 5.65. The lowest BCUT2D eigenvalue weighted by molar-refractivity contribution is -0.114. The molecule has 3 N–H and O–H groups in total. The Hall–Kier alpha value is -3.13. The van der Waals surface area contributed by atoms with E-state index in [1.165, 1.54) is 25.0 Å². The van der Waals surface area contributed by atoms with Gasteiger partial charge in [0.05, 0.1) is 0 Å². The first-order valence-electron chi connectivity index (χ1n) is 7.87. The lowest BCUT2D eigenvalue weighted by Crippen LogP contribution is -2.14. The minimum atomic E-state index is -0.209. The molecule has 0 unspecified atom stereocenters. The van der Waals surface area contributed by atoms with Crippen LogP contribution in [0.3, 0.4) is 0 Å². The van der Waals surface area contributed by atoms with Gasteiger partial charge in [0.2, 0.25) is 5.91 Å². The van der Waals surface area contributed by atoms with Crippen molar-refractivity contribution in [3.63, 3.8) is 0 Å². The van der Waals surface area contributed by atoms with Crippen LogP contribution in [0.15, 0.2) is 60.0 Å². The molecule has 2 amide bonds. The van der Waals surface area contributed by atoms with Crippen molar-refractivity contribution in [1.82, 2.24) is 15.2 Å². The van der Waals surface area contributed by atoms with Gasteiger partial charge in [0, 0.05) is 29.6 Å². The van der Waals surface area contributed by atoms with E-state index < -0.39 is 0 Å². The first-order chi connectivity index (χ1) is 12.6. The summed E-state index contributed by atoms with van der Waals surface area (Å²) in [6, 6.07) is 14.4. The molecule has 1 heterocycles. The van der Waals surface area contributed by atoms with Gasteiger partial charge in [-0.3, -0.25) is 14.7 Å². The Morgan fingerprint density at radius 2 is 1.85 bits per heavy atom. The lowest BCUT2D eigenvalue weighted by Gasteiger charge is -2.11. The Morgan fingerprint density at radius 1 is 1.08 bits per heavy atom. The molecule has 0 saturated heterocycles. The van der Waals surface area contributed by atoms with Crippen LogP contribution in [0.25, 0.3) is 0 Å². The molecule has 0 saturated carbocycles. The van der Waals surface area contributed by atoms with Crippen LogP contribution in [0, 0.1) is 0 Å². The van der Waals surface area contributed by atoms with Crippen LogP contribution < -0.4 is 10.6 Å². The van der Waals surface area contributed by atoms with E-state index in [4.69, 9.17) is 0 Å². The summed E-state index contributed by atoms with van der Waals surface area (Å²) in [5, 5.41) is 12.9. The Labute approximate surface area is 154 Å². The van der Waals surface area contributed by atoms with E-state index in [9.17, 15) is 9.59 Å².